The van der Waals surface area contributed by atoms with Crippen LogP contribution >= 0.6 is 0 Å². The van der Waals surface area contributed by atoms with Crippen LogP contribution in [0.4, 0.5) is 8.78 Å². The van der Waals surface area contributed by atoms with Crippen LogP contribution in [0.3, 0.4) is 0 Å². The Morgan fingerprint density at radius 1 is 1.38 bits per heavy atom. The van der Waals surface area contributed by atoms with Crippen molar-refractivity contribution in [2.45, 2.75) is 13.0 Å². The largest absolute Gasteiger partial charge is 0.466 e. The molecule has 0 atom stereocenters. The van der Waals surface area contributed by atoms with Gasteiger partial charge in [0, 0.05) is 0 Å². The average molecular weight is 184 g/mol. The molecule has 2 rings (SSSR count). The molecule has 0 unspecified atom stereocenters. The molecule has 0 radical (unpaired) electrons. The Morgan fingerprint density at radius 2 is 2.08 bits per heavy atom. The molecule has 2 nitrogen and oxygen atoms in total. The van der Waals surface area contributed by atoms with Gasteiger partial charge in [-0.05, 0) is 18.6 Å². The number of rotatable bonds is 0. The van der Waals surface area contributed by atoms with E-state index in [-0.39, 0.29) is 11.3 Å². The number of ether oxygens (including phenoxy) is 1. The van der Waals surface area contributed by atoms with Gasteiger partial charge in [-0.3, -0.25) is 4.79 Å². The van der Waals surface area contributed by atoms with Crippen LogP contribution in [-0.4, -0.2) is 11.9 Å². The molecule has 0 amide bonds. The van der Waals surface area contributed by atoms with E-state index >= 15 is 0 Å². The first kappa shape index (κ1) is 8.16. The summed E-state index contributed by atoms with van der Waals surface area (Å²) in [5.74, 6) is -1.26. The number of benzene rings is 1. The minimum atomic E-state index is -3.69. The predicted octanol–water partition coefficient (Wildman–Crippen LogP) is 2.16. The van der Waals surface area contributed by atoms with Crippen LogP contribution in [0.1, 0.15) is 15.9 Å². The van der Waals surface area contributed by atoms with E-state index in [9.17, 15) is 13.6 Å². The third-order valence-electron chi connectivity index (χ3n) is 1.95. The van der Waals surface area contributed by atoms with Crippen LogP contribution in [0, 0.1) is 6.92 Å². The zero-order valence-corrected chi connectivity index (χ0v) is 6.80. The standard InChI is InChI=1S/C9H6F2O2/c1-5-3-2-4-6-7(5)13-9(10,11)8(6)12/h2-4H,1H3. The molecule has 1 aromatic rings. The Morgan fingerprint density at radius 3 is 2.69 bits per heavy atom. The second-order valence-electron chi connectivity index (χ2n) is 2.90. The van der Waals surface area contributed by atoms with Crippen molar-refractivity contribution in [3.05, 3.63) is 29.3 Å². The lowest BCUT2D eigenvalue weighted by Crippen LogP contribution is -2.28. The van der Waals surface area contributed by atoms with Gasteiger partial charge in [0.15, 0.2) is 0 Å². The molecule has 4 heteroatoms. The Kier molecular flexibility index (Phi) is 1.43. The molecular formula is C9H6F2O2. The van der Waals surface area contributed by atoms with Gasteiger partial charge in [-0.2, -0.15) is 8.78 Å². The van der Waals surface area contributed by atoms with Crippen molar-refractivity contribution >= 4 is 5.78 Å². The maximum Gasteiger partial charge on any atom is 0.466 e. The van der Waals surface area contributed by atoms with Gasteiger partial charge in [-0.1, -0.05) is 12.1 Å². The quantitative estimate of drug-likeness (QED) is 0.617. The van der Waals surface area contributed by atoms with Crippen molar-refractivity contribution < 1.29 is 18.3 Å². The molecule has 68 valence electrons. The zero-order chi connectivity index (χ0) is 9.64. The van der Waals surface area contributed by atoms with E-state index in [1.165, 1.54) is 6.07 Å². The summed E-state index contributed by atoms with van der Waals surface area (Å²) in [5.41, 5.74) is 0.507. The first-order valence-corrected chi connectivity index (χ1v) is 3.73. The van der Waals surface area contributed by atoms with Gasteiger partial charge in [-0.25, -0.2) is 0 Å². The molecule has 0 spiro atoms. The average Bonchev–Trinajstić information content (AvgIpc) is 2.28. The number of carbonyl (C=O) groups is 1. The monoisotopic (exact) mass is 184 g/mol. The van der Waals surface area contributed by atoms with E-state index in [0.29, 0.717) is 5.56 Å². The van der Waals surface area contributed by atoms with E-state index in [2.05, 4.69) is 4.74 Å². The van der Waals surface area contributed by atoms with Gasteiger partial charge in [-0.15, -0.1) is 0 Å². The Hall–Kier alpha value is -1.45. The number of hydrogen-bond donors (Lipinski definition) is 0. The van der Waals surface area contributed by atoms with Crippen molar-refractivity contribution in [2.24, 2.45) is 0 Å². The minimum absolute atomic E-state index is 0.00231. The molecule has 0 bridgehead atoms. The number of halogens is 2. The van der Waals surface area contributed by atoms with Crippen LogP contribution in [0.25, 0.3) is 0 Å². The molecule has 0 aliphatic carbocycles. The molecule has 1 aliphatic heterocycles. The normalized spacial score (nSPS) is 18.2. The number of Topliss-reactive ketones (excluding diaryl/α,β-unsaturated/α-hetero) is 1. The molecule has 0 fully saturated rings. The van der Waals surface area contributed by atoms with Crippen LogP contribution in [0.2, 0.25) is 0 Å². The highest BCUT2D eigenvalue weighted by molar-refractivity contribution is 6.05. The lowest BCUT2D eigenvalue weighted by Gasteiger charge is -2.06. The number of fused-ring (bicyclic) bond motifs is 1. The van der Waals surface area contributed by atoms with Gasteiger partial charge >= 0.3 is 6.11 Å². The van der Waals surface area contributed by atoms with E-state index < -0.39 is 11.9 Å². The van der Waals surface area contributed by atoms with Gasteiger partial charge < -0.3 is 4.74 Å². The predicted molar refractivity (Wildman–Crippen MR) is 41.1 cm³/mol. The second kappa shape index (κ2) is 2.28. The molecule has 1 aromatic carbocycles. The number of alkyl halides is 2. The van der Waals surface area contributed by atoms with Crippen molar-refractivity contribution in [3.8, 4) is 5.75 Å². The minimum Gasteiger partial charge on any atom is -0.425 e. The third-order valence-corrected chi connectivity index (χ3v) is 1.95. The van der Waals surface area contributed by atoms with Crippen LogP contribution in [-0.2, 0) is 0 Å². The fraction of sp³-hybridized carbons (Fsp3) is 0.222. The number of ketones is 1. The lowest BCUT2D eigenvalue weighted by molar-refractivity contribution is -0.124. The Bertz CT molecular complexity index is 385. The first-order valence-electron chi connectivity index (χ1n) is 3.73. The molecule has 0 saturated heterocycles. The summed E-state index contributed by atoms with van der Waals surface area (Å²) < 4.78 is 29.7. The topological polar surface area (TPSA) is 26.3 Å². The summed E-state index contributed by atoms with van der Waals surface area (Å²) in [5, 5.41) is 0. The maximum atomic E-state index is 12.7. The summed E-state index contributed by atoms with van der Waals surface area (Å²) in [7, 11) is 0. The second-order valence-corrected chi connectivity index (χ2v) is 2.90. The number of carbonyl (C=O) groups excluding carboxylic acids is 1. The summed E-state index contributed by atoms with van der Waals surface area (Å²) in [4.78, 5) is 11.0. The van der Waals surface area contributed by atoms with Crippen molar-refractivity contribution in [1.29, 1.82) is 0 Å². The van der Waals surface area contributed by atoms with Crippen LogP contribution < -0.4 is 4.74 Å². The highest BCUT2D eigenvalue weighted by Gasteiger charge is 2.50. The Labute approximate surface area is 73.1 Å². The van der Waals surface area contributed by atoms with Gasteiger partial charge in [0.1, 0.15) is 5.75 Å². The number of para-hydroxylation sites is 1. The van der Waals surface area contributed by atoms with E-state index in [4.69, 9.17) is 0 Å². The first-order chi connectivity index (χ1) is 6.02. The van der Waals surface area contributed by atoms with E-state index in [1.807, 2.05) is 0 Å². The highest BCUT2D eigenvalue weighted by atomic mass is 19.3. The summed E-state index contributed by atoms with van der Waals surface area (Å²) in [6.07, 6.45) is -3.69. The molecule has 0 saturated carbocycles. The number of aryl methyl sites for hydroxylation is 1. The molecular weight excluding hydrogens is 178 g/mol. The van der Waals surface area contributed by atoms with Crippen molar-refractivity contribution in [3.63, 3.8) is 0 Å². The molecule has 0 N–H and O–H groups in total. The van der Waals surface area contributed by atoms with Gasteiger partial charge in [0.05, 0.1) is 5.56 Å². The SMILES string of the molecule is Cc1cccc2c1OC(F)(F)C2=O. The van der Waals surface area contributed by atoms with Crippen LogP contribution in [0.15, 0.2) is 18.2 Å². The fourth-order valence-corrected chi connectivity index (χ4v) is 1.30. The van der Waals surface area contributed by atoms with Crippen molar-refractivity contribution in [1.82, 2.24) is 0 Å². The third kappa shape index (κ3) is 1.02. The van der Waals surface area contributed by atoms with Gasteiger partial charge in [0.25, 0.3) is 5.78 Å². The maximum absolute atomic E-state index is 12.7. The zero-order valence-electron chi connectivity index (χ0n) is 6.80. The lowest BCUT2D eigenvalue weighted by atomic mass is 10.1. The highest BCUT2D eigenvalue weighted by Crippen LogP contribution is 2.38. The van der Waals surface area contributed by atoms with E-state index in [0.717, 1.165) is 0 Å². The summed E-state index contributed by atoms with van der Waals surface area (Å²) >= 11 is 0. The fourth-order valence-electron chi connectivity index (χ4n) is 1.30. The van der Waals surface area contributed by atoms with E-state index in [1.54, 1.807) is 19.1 Å². The molecule has 0 aromatic heterocycles. The summed E-state index contributed by atoms with van der Waals surface area (Å²) in [6, 6.07) is 4.51. The van der Waals surface area contributed by atoms with Crippen LogP contribution in [0.5, 0.6) is 5.75 Å². The summed E-state index contributed by atoms with van der Waals surface area (Å²) in [6.45, 7) is 1.62. The van der Waals surface area contributed by atoms with Crippen molar-refractivity contribution in [2.75, 3.05) is 0 Å². The van der Waals surface area contributed by atoms with Gasteiger partial charge in [0.2, 0.25) is 0 Å². The number of hydrogen-bond acceptors (Lipinski definition) is 2. The molecule has 1 heterocycles. The smallest absolute Gasteiger partial charge is 0.425 e. The molecule has 1 aliphatic rings. The molecule has 13 heavy (non-hydrogen) atoms. The Balaban J connectivity index is 2.63.